The van der Waals surface area contributed by atoms with E-state index >= 15 is 0 Å². The van der Waals surface area contributed by atoms with Gasteiger partial charge < -0.3 is 15.7 Å². The third-order valence-corrected chi connectivity index (χ3v) is 6.91. The quantitative estimate of drug-likeness (QED) is 0.211. The fraction of sp³-hybridized carbons (Fsp3) is 0.259. The van der Waals surface area contributed by atoms with E-state index in [0.717, 1.165) is 0 Å². The van der Waals surface area contributed by atoms with Gasteiger partial charge in [-0.25, -0.2) is 0 Å². The van der Waals surface area contributed by atoms with E-state index in [0.29, 0.717) is 11.3 Å². The molecule has 0 unspecified atom stereocenters. The zero-order valence-electron chi connectivity index (χ0n) is 21.6. The van der Waals surface area contributed by atoms with Gasteiger partial charge >= 0.3 is 0 Å². The Hall–Kier alpha value is -2.69. The first kappa shape index (κ1) is 28.9. The van der Waals surface area contributed by atoms with Crippen molar-refractivity contribution >= 4 is 68.3 Å². The van der Waals surface area contributed by atoms with E-state index in [4.69, 9.17) is 0 Å². The molecule has 0 aromatic heterocycles. The summed E-state index contributed by atoms with van der Waals surface area (Å²) in [6, 6.07) is 12.1. The van der Waals surface area contributed by atoms with Crippen molar-refractivity contribution in [3.63, 3.8) is 0 Å². The Morgan fingerprint density at radius 2 is 1.43 bits per heavy atom. The largest absolute Gasteiger partial charge is 0.507 e. The van der Waals surface area contributed by atoms with Gasteiger partial charge in [-0.1, -0.05) is 39.0 Å². The summed E-state index contributed by atoms with van der Waals surface area (Å²) in [5.74, 6) is -1.34. The van der Waals surface area contributed by atoms with E-state index in [1.54, 1.807) is 18.2 Å². The molecule has 0 bridgehead atoms. The summed E-state index contributed by atoms with van der Waals surface area (Å²) in [6.45, 7) is 9.52. The van der Waals surface area contributed by atoms with Crippen LogP contribution in [0.2, 0.25) is 0 Å². The van der Waals surface area contributed by atoms with Crippen LogP contribution in [0.5, 0.6) is 5.75 Å². The molecule has 0 atom stereocenters. The van der Waals surface area contributed by atoms with Crippen molar-refractivity contribution in [2.45, 2.75) is 51.0 Å². The van der Waals surface area contributed by atoms with Gasteiger partial charge in [-0.3, -0.25) is 14.1 Å². The van der Waals surface area contributed by atoms with Crippen LogP contribution in [0.25, 0.3) is 0 Å². The standard InChI is InChI=1S/C27H28N2O6S.Na/c1-14(2)28-18-11-12-19(24-23(18)25(31)16-7-6-8-20(30)22(16)26(24)32)29-17-10-9-15(27(3,4)5)13-21(17)36(33,34)35;/h6-14,28-30H,1-5H3,(H,33,34,35);. The van der Waals surface area contributed by atoms with E-state index in [2.05, 4.69) is 10.6 Å². The van der Waals surface area contributed by atoms with E-state index < -0.39 is 21.7 Å². The predicted octanol–water partition coefficient (Wildman–Crippen LogP) is 4.89. The number of phenols is 1. The maximum absolute atomic E-state index is 13.6. The van der Waals surface area contributed by atoms with Gasteiger partial charge in [0.2, 0.25) is 0 Å². The van der Waals surface area contributed by atoms with Crippen LogP contribution in [-0.4, -0.2) is 65.2 Å². The molecule has 0 saturated heterocycles. The molecule has 1 aliphatic rings. The Bertz CT molecular complexity index is 1520. The van der Waals surface area contributed by atoms with Gasteiger partial charge in [0.25, 0.3) is 10.1 Å². The molecule has 4 N–H and O–H groups in total. The van der Waals surface area contributed by atoms with Gasteiger partial charge in [0.1, 0.15) is 10.6 Å². The minimum atomic E-state index is -4.63. The molecule has 4 rings (SSSR count). The molecular weight excluding hydrogens is 503 g/mol. The van der Waals surface area contributed by atoms with Crippen molar-refractivity contribution < 1.29 is 27.7 Å². The molecule has 0 fully saturated rings. The molecule has 8 nitrogen and oxygen atoms in total. The number of ketones is 2. The summed E-state index contributed by atoms with van der Waals surface area (Å²) in [6.07, 6.45) is 0. The van der Waals surface area contributed by atoms with Crippen molar-refractivity contribution in [3.8, 4) is 5.75 Å². The number of carbonyl (C=O) groups excluding carboxylic acids is 2. The van der Waals surface area contributed by atoms with Gasteiger partial charge in [0, 0.05) is 46.8 Å². The van der Waals surface area contributed by atoms with Crippen LogP contribution < -0.4 is 10.6 Å². The Kier molecular flexibility index (Phi) is 7.98. The Balaban J connectivity index is 0.00000380. The van der Waals surface area contributed by atoms with Gasteiger partial charge in [0.15, 0.2) is 11.6 Å². The molecule has 0 heterocycles. The molecule has 0 amide bonds. The number of aromatic hydroxyl groups is 1. The van der Waals surface area contributed by atoms with Crippen LogP contribution in [0, 0.1) is 0 Å². The van der Waals surface area contributed by atoms with Crippen molar-refractivity contribution in [2.75, 3.05) is 10.6 Å². The smallest absolute Gasteiger partial charge is 0.296 e. The van der Waals surface area contributed by atoms with E-state index in [9.17, 15) is 27.7 Å². The summed E-state index contributed by atoms with van der Waals surface area (Å²) >= 11 is 0. The number of nitrogens with one attached hydrogen (secondary N) is 2. The second-order valence-corrected chi connectivity index (χ2v) is 11.5. The SMILES string of the molecule is CC(C)Nc1ccc(Nc2ccc(C(C)(C)C)cc2S(=O)(=O)O)c2c1C(=O)c1cccc(O)c1C2=O.[Na]. The summed E-state index contributed by atoms with van der Waals surface area (Å²) < 4.78 is 34.5. The Labute approximate surface area is 238 Å². The summed E-state index contributed by atoms with van der Waals surface area (Å²) in [5, 5.41) is 16.5. The normalized spacial score (nSPS) is 13.1. The first-order chi connectivity index (χ1) is 16.7. The van der Waals surface area contributed by atoms with Gasteiger partial charge in [-0.15, -0.1) is 0 Å². The number of hydrogen-bond donors (Lipinski definition) is 4. The van der Waals surface area contributed by atoms with E-state index in [1.165, 1.54) is 30.3 Å². The van der Waals surface area contributed by atoms with Crippen molar-refractivity contribution in [3.05, 3.63) is 76.3 Å². The minimum Gasteiger partial charge on any atom is -0.507 e. The fourth-order valence-electron chi connectivity index (χ4n) is 4.29. The number of phenolic OH excluding ortho intramolecular Hbond substituents is 1. The minimum absolute atomic E-state index is 0. The van der Waals surface area contributed by atoms with Crippen LogP contribution in [0.4, 0.5) is 17.1 Å². The summed E-state index contributed by atoms with van der Waals surface area (Å²) in [7, 11) is -4.63. The van der Waals surface area contributed by atoms with Crippen LogP contribution in [0.1, 0.15) is 72.0 Å². The average Bonchev–Trinajstić information content (AvgIpc) is 2.76. The topological polar surface area (TPSA) is 133 Å². The summed E-state index contributed by atoms with van der Waals surface area (Å²) in [5.41, 5.74) is 1.05. The Morgan fingerprint density at radius 1 is 0.838 bits per heavy atom. The molecule has 0 aliphatic heterocycles. The monoisotopic (exact) mass is 531 g/mol. The zero-order valence-corrected chi connectivity index (χ0v) is 24.4. The zero-order chi connectivity index (χ0) is 26.6. The van der Waals surface area contributed by atoms with E-state index in [-0.39, 0.29) is 85.3 Å². The van der Waals surface area contributed by atoms with Gasteiger partial charge in [0.05, 0.1) is 28.1 Å². The third-order valence-electron chi connectivity index (χ3n) is 6.01. The molecule has 10 heteroatoms. The maximum Gasteiger partial charge on any atom is 0.296 e. The predicted molar refractivity (Wildman–Crippen MR) is 144 cm³/mol. The molecule has 189 valence electrons. The first-order valence-corrected chi connectivity index (χ1v) is 12.9. The molecule has 1 radical (unpaired) electrons. The molecule has 0 spiro atoms. The number of fused-ring (bicyclic) bond motifs is 2. The maximum atomic E-state index is 13.6. The molecule has 1 aliphatic carbocycles. The fourth-order valence-corrected chi connectivity index (χ4v) is 4.96. The van der Waals surface area contributed by atoms with Crippen LogP contribution in [-0.2, 0) is 15.5 Å². The number of rotatable bonds is 5. The molecule has 37 heavy (non-hydrogen) atoms. The molecular formula is C27H28N2NaO6S. The second kappa shape index (κ2) is 10.2. The molecule has 3 aromatic rings. The van der Waals surface area contributed by atoms with Crippen molar-refractivity contribution in [1.29, 1.82) is 0 Å². The number of hydrogen-bond acceptors (Lipinski definition) is 7. The Morgan fingerprint density at radius 3 is 2.03 bits per heavy atom. The van der Waals surface area contributed by atoms with Crippen molar-refractivity contribution in [2.24, 2.45) is 0 Å². The van der Waals surface area contributed by atoms with Crippen LogP contribution >= 0.6 is 0 Å². The van der Waals surface area contributed by atoms with Gasteiger partial charge in [-0.2, -0.15) is 8.42 Å². The summed E-state index contributed by atoms with van der Waals surface area (Å²) in [4.78, 5) is 26.8. The molecule has 0 saturated carbocycles. The second-order valence-electron chi connectivity index (χ2n) is 10.1. The molecule has 3 aromatic carbocycles. The first-order valence-electron chi connectivity index (χ1n) is 11.4. The number of anilines is 3. The van der Waals surface area contributed by atoms with Crippen LogP contribution in [0.3, 0.4) is 0 Å². The number of benzene rings is 3. The van der Waals surface area contributed by atoms with Crippen molar-refractivity contribution in [1.82, 2.24) is 0 Å². The average molecular weight is 532 g/mol. The number of carbonyl (C=O) groups is 2. The van der Waals surface area contributed by atoms with E-state index in [1.807, 2.05) is 34.6 Å². The van der Waals surface area contributed by atoms with Gasteiger partial charge in [-0.05, 0) is 55.2 Å². The third kappa shape index (κ3) is 5.46. The van der Waals surface area contributed by atoms with Crippen LogP contribution in [0.15, 0.2) is 53.4 Å².